The predicted octanol–water partition coefficient (Wildman–Crippen LogP) is 2.84. The highest BCUT2D eigenvalue weighted by Crippen LogP contribution is 2.24. The summed E-state index contributed by atoms with van der Waals surface area (Å²) in [5.41, 5.74) is 0.758. The molecular weight excluding hydrogens is 338 g/mol. The second-order valence-corrected chi connectivity index (χ2v) is 5.35. The molecule has 114 valence electrons. The third kappa shape index (κ3) is 5.99. The van der Waals surface area contributed by atoms with Crippen molar-refractivity contribution in [1.29, 1.82) is 0 Å². The number of amides is 1. The normalized spacial score (nSPS) is 12.1. The molecule has 0 radical (unpaired) electrons. The van der Waals surface area contributed by atoms with Crippen molar-refractivity contribution < 1.29 is 19.4 Å². The van der Waals surface area contributed by atoms with Gasteiger partial charge < -0.3 is 15.2 Å². The first-order chi connectivity index (χ1) is 9.96. The molecule has 0 aromatic heterocycles. The maximum absolute atomic E-state index is 11.8. The Kier molecular flexibility index (Phi) is 6.94. The van der Waals surface area contributed by atoms with Crippen molar-refractivity contribution in [3.8, 4) is 5.75 Å². The van der Waals surface area contributed by atoms with E-state index in [1.54, 1.807) is 19.3 Å². The van der Waals surface area contributed by atoms with Gasteiger partial charge in [0.1, 0.15) is 5.75 Å². The van der Waals surface area contributed by atoms with Crippen molar-refractivity contribution in [3.05, 3.63) is 34.3 Å². The van der Waals surface area contributed by atoms with Gasteiger partial charge in [-0.1, -0.05) is 22.9 Å². The number of aliphatic carboxylic acids is 1. The van der Waals surface area contributed by atoms with E-state index in [9.17, 15) is 9.59 Å². The highest BCUT2D eigenvalue weighted by Gasteiger charge is 2.12. The molecule has 0 saturated heterocycles. The molecular formula is C15H18BrNO4. The number of halogens is 1. The number of benzene rings is 1. The zero-order valence-electron chi connectivity index (χ0n) is 11.9. The SMILES string of the molecule is CCC(CC(=O)O)NC(=O)/C=C/c1cc(Br)ccc1OC. The second kappa shape index (κ2) is 8.46. The molecule has 0 aliphatic heterocycles. The second-order valence-electron chi connectivity index (χ2n) is 4.43. The summed E-state index contributed by atoms with van der Waals surface area (Å²) in [5.74, 6) is -0.607. The Morgan fingerprint density at radius 3 is 2.76 bits per heavy atom. The maximum Gasteiger partial charge on any atom is 0.305 e. The van der Waals surface area contributed by atoms with Crippen LogP contribution in [-0.2, 0) is 9.59 Å². The first kappa shape index (κ1) is 17.2. The number of nitrogens with one attached hydrogen (secondary N) is 1. The predicted molar refractivity (Wildman–Crippen MR) is 84.2 cm³/mol. The monoisotopic (exact) mass is 355 g/mol. The Hall–Kier alpha value is -1.82. The van der Waals surface area contributed by atoms with Crippen LogP contribution in [0.2, 0.25) is 0 Å². The Morgan fingerprint density at radius 1 is 1.48 bits per heavy atom. The molecule has 1 aromatic rings. The van der Waals surface area contributed by atoms with Gasteiger partial charge in [-0.05, 0) is 30.7 Å². The summed E-state index contributed by atoms with van der Waals surface area (Å²) in [4.78, 5) is 22.5. The molecule has 0 aliphatic rings. The van der Waals surface area contributed by atoms with Gasteiger partial charge in [-0.2, -0.15) is 0 Å². The molecule has 1 unspecified atom stereocenters. The molecule has 0 aliphatic carbocycles. The van der Waals surface area contributed by atoms with Gasteiger partial charge in [0.25, 0.3) is 0 Å². The molecule has 21 heavy (non-hydrogen) atoms. The minimum absolute atomic E-state index is 0.0870. The number of hydrogen-bond donors (Lipinski definition) is 2. The number of carboxylic acid groups (broad SMARTS) is 1. The van der Waals surface area contributed by atoms with Crippen molar-refractivity contribution in [2.75, 3.05) is 7.11 Å². The van der Waals surface area contributed by atoms with Gasteiger partial charge in [0, 0.05) is 22.2 Å². The first-order valence-electron chi connectivity index (χ1n) is 6.50. The van der Waals surface area contributed by atoms with Crippen molar-refractivity contribution in [3.63, 3.8) is 0 Å². The quantitative estimate of drug-likeness (QED) is 0.737. The van der Waals surface area contributed by atoms with Crippen LogP contribution in [0, 0.1) is 0 Å². The Morgan fingerprint density at radius 2 is 2.19 bits per heavy atom. The molecule has 1 amide bonds. The smallest absolute Gasteiger partial charge is 0.305 e. The van der Waals surface area contributed by atoms with Crippen LogP contribution in [0.5, 0.6) is 5.75 Å². The molecule has 2 N–H and O–H groups in total. The van der Waals surface area contributed by atoms with E-state index in [1.165, 1.54) is 6.08 Å². The van der Waals surface area contributed by atoms with Gasteiger partial charge >= 0.3 is 5.97 Å². The zero-order chi connectivity index (χ0) is 15.8. The summed E-state index contributed by atoms with van der Waals surface area (Å²) in [6.45, 7) is 1.83. The molecule has 0 bridgehead atoms. The van der Waals surface area contributed by atoms with Crippen molar-refractivity contribution in [1.82, 2.24) is 5.32 Å². The van der Waals surface area contributed by atoms with Gasteiger partial charge in [0.2, 0.25) is 5.91 Å². The van der Waals surface area contributed by atoms with Gasteiger partial charge in [-0.3, -0.25) is 9.59 Å². The van der Waals surface area contributed by atoms with Crippen molar-refractivity contribution >= 4 is 33.9 Å². The van der Waals surface area contributed by atoms with E-state index in [0.29, 0.717) is 12.2 Å². The van der Waals surface area contributed by atoms with Crippen LogP contribution < -0.4 is 10.1 Å². The zero-order valence-corrected chi connectivity index (χ0v) is 13.5. The fourth-order valence-electron chi connectivity index (χ4n) is 1.76. The Bertz CT molecular complexity index is 542. The summed E-state index contributed by atoms with van der Waals surface area (Å²) >= 11 is 3.36. The lowest BCUT2D eigenvalue weighted by Gasteiger charge is -2.13. The van der Waals surface area contributed by atoms with Crippen LogP contribution in [0.3, 0.4) is 0 Å². The van der Waals surface area contributed by atoms with E-state index in [0.717, 1.165) is 10.0 Å². The minimum atomic E-state index is -0.931. The standard InChI is InChI=1S/C15H18BrNO4/c1-3-12(9-15(19)20)17-14(18)7-4-10-8-11(16)5-6-13(10)21-2/h4-8,12H,3,9H2,1-2H3,(H,17,18)(H,19,20)/b7-4+. The van der Waals surface area contributed by atoms with Gasteiger partial charge in [0.05, 0.1) is 13.5 Å². The molecule has 1 atom stereocenters. The van der Waals surface area contributed by atoms with Crippen molar-refractivity contribution in [2.24, 2.45) is 0 Å². The highest BCUT2D eigenvalue weighted by molar-refractivity contribution is 9.10. The lowest BCUT2D eigenvalue weighted by atomic mass is 10.1. The van der Waals surface area contributed by atoms with Crippen LogP contribution in [-0.4, -0.2) is 30.1 Å². The van der Waals surface area contributed by atoms with Crippen molar-refractivity contribution in [2.45, 2.75) is 25.8 Å². The molecule has 1 rings (SSSR count). The molecule has 5 nitrogen and oxygen atoms in total. The Labute approximate surface area is 132 Å². The molecule has 0 heterocycles. The van der Waals surface area contributed by atoms with E-state index < -0.39 is 5.97 Å². The van der Waals surface area contributed by atoms with E-state index in [4.69, 9.17) is 9.84 Å². The molecule has 0 saturated carbocycles. The van der Waals surface area contributed by atoms with Crippen LogP contribution in [0.1, 0.15) is 25.3 Å². The summed E-state index contributed by atoms with van der Waals surface area (Å²) in [7, 11) is 1.56. The Balaban J connectivity index is 2.73. The van der Waals surface area contributed by atoms with Crippen LogP contribution in [0.4, 0.5) is 0 Å². The van der Waals surface area contributed by atoms with E-state index in [-0.39, 0.29) is 18.4 Å². The van der Waals surface area contributed by atoms with E-state index >= 15 is 0 Å². The third-order valence-corrected chi connectivity index (χ3v) is 3.36. The lowest BCUT2D eigenvalue weighted by Crippen LogP contribution is -2.34. The highest BCUT2D eigenvalue weighted by atomic mass is 79.9. The fourth-order valence-corrected chi connectivity index (χ4v) is 2.14. The topological polar surface area (TPSA) is 75.6 Å². The number of hydrogen-bond acceptors (Lipinski definition) is 3. The molecule has 6 heteroatoms. The van der Waals surface area contributed by atoms with Gasteiger partial charge in [0.15, 0.2) is 0 Å². The molecule has 0 fully saturated rings. The lowest BCUT2D eigenvalue weighted by molar-refractivity contribution is -0.137. The molecule has 0 spiro atoms. The summed E-state index contributed by atoms with van der Waals surface area (Å²) in [6.07, 6.45) is 3.48. The van der Waals surface area contributed by atoms with E-state index in [2.05, 4.69) is 21.2 Å². The average Bonchev–Trinajstić information content (AvgIpc) is 2.44. The maximum atomic E-state index is 11.8. The number of rotatable bonds is 7. The van der Waals surface area contributed by atoms with Gasteiger partial charge in [-0.15, -0.1) is 0 Å². The summed E-state index contributed by atoms with van der Waals surface area (Å²) in [5, 5.41) is 11.4. The van der Waals surface area contributed by atoms with Crippen LogP contribution in [0.15, 0.2) is 28.7 Å². The number of carbonyl (C=O) groups excluding carboxylic acids is 1. The number of carbonyl (C=O) groups is 2. The largest absolute Gasteiger partial charge is 0.496 e. The van der Waals surface area contributed by atoms with Crippen LogP contribution in [0.25, 0.3) is 6.08 Å². The fraction of sp³-hybridized carbons (Fsp3) is 0.333. The van der Waals surface area contributed by atoms with E-state index in [1.807, 2.05) is 19.1 Å². The molecule has 1 aromatic carbocycles. The third-order valence-electron chi connectivity index (χ3n) is 2.87. The first-order valence-corrected chi connectivity index (χ1v) is 7.29. The number of methoxy groups -OCH3 is 1. The summed E-state index contributed by atoms with van der Waals surface area (Å²) < 4.78 is 6.08. The number of ether oxygens (including phenoxy) is 1. The summed E-state index contributed by atoms with van der Waals surface area (Å²) in [6, 6.07) is 5.10. The average molecular weight is 356 g/mol. The van der Waals surface area contributed by atoms with Crippen LogP contribution >= 0.6 is 15.9 Å². The van der Waals surface area contributed by atoms with Gasteiger partial charge in [-0.25, -0.2) is 0 Å². The minimum Gasteiger partial charge on any atom is -0.496 e. The number of carboxylic acids is 1.